The molecule has 1 aromatic carbocycles. The van der Waals surface area contributed by atoms with Crippen molar-refractivity contribution in [1.82, 2.24) is 0 Å². The van der Waals surface area contributed by atoms with Crippen molar-refractivity contribution >= 4 is 11.6 Å². The van der Waals surface area contributed by atoms with Crippen LogP contribution in [-0.2, 0) is 4.79 Å². The summed E-state index contributed by atoms with van der Waals surface area (Å²) < 4.78 is 13.1. The molecule has 0 radical (unpaired) electrons. The molecule has 4 heteroatoms. The zero-order valence-corrected chi connectivity index (χ0v) is 11.2. The largest absolute Gasteiger partial charge is 0.330 e. The Bertz CT molecular complexity index is 407. The van der Waals surface area contributed by atoms with E-state index in [9.17, 15) is 9.18 Å². The van der Waals surface area contributed by atoms with Gasteiger partial charge < -0.3 is 10.6 Å². The second-order valence-corrected chi connectivity index (χ2v) is 4.94. The molecular formula is C14H21FN2O. The van der Waals surface area contributed by atoms with E-state index in [0.717, 1.165) is 6.42 Å². The monoisotopic (exact) mass is 252 g/mol. The molecule has 0 aliphatic carbocycles. The van der Waals surface area contributed by atoms with Gasteiger partial charge in [0.05, 0.1) is 5.92 Å². The first-order valence-corrected chi connectivity index (χ1v) is 6.19. The molecule has 0 heterocycles. The summed E-state index contributed by atoms with van der Waals surface area (Å²) in [5.41, 5.74) is 6.20. The number of carbonyl (C=O) groups excluding carboxylic acids is 1. The van der Waals surface area contributed by atoms with Crippen LogP contribution in [0.25, 0.3) is 0 Å². The molecule has 0 aromatic heterocycles. The minimum Gasteiger partial charge on any atom is -0.330 e. The Kier molecular flexibility index (Phi) is 5.28. The van der Waals surface area contributed by atoms with Crippen LogP contribution >= 0.6 is 0 Å². The SMILES string of the molecule is CC(C)CC(CN)C(=O)N(C)c1cccc(F)c1. The molecule has 1 unspecified atom stereocenters. The van der Waals surface area contributed by atoms with E-state index in [1.54, 1.807) is 19.2 Å². The van der Waals surface area contributed by atoms with Gasteiger partial charge in [-0.05, 0) is 30.5 Å². The van der Waals surface area contributed by atoms with Crippen LogP contribution in [-0.4, -0.2) is 19.5 Å². The highest BCUT2D eigenvalue weighted by Gasteiger charge is 2.22. The third-order valence-electron chi connectivity index (χ3n) is 2.92. The Labute approximate surface area is 108 Å². The lowest BCUT2D eigenvalue weighted by atomic mass is 9.96. The van der Waals surface area contributed by atoms with Gasteiger partial charge in [0.1, 0.15) is 5.82 Å². The fourth-order valence-electron chi connectivity index (χ4n) is 1.95. The van der Waals surface area contributed by atoms with Crippen molar-refractivity contribution in [3.05, 3.63) is 30.1 Å². The molecule has 0 fully saturated rings. The van der Waals surface area contributed by atoms with Crippen LogP contribution in [0.1, 0.15) is 20.3 Å². The van der Waals surface area contributed by atoms with Crippen LogP contribution in [0.2, 0.25) is 0 Å². The van der Waals surface area contributed by atoms with Gasteiger partial charge in [0.15, 0.2) is 0 Å². The fourth-order valence-corrected chi connectivity index (χ4v) is 1.95. The quantitative estimate of drug-likeness (QED) is 0.874. The third kappa shape index (κ3) is 3.81. The summed E-state index contributed by atoms with van der Waals surface area (Å²) >= 11 is 0. The number of benzene rings is 1. The van der Waals surface area contributed by atoms with Crippen LogP contribution in [0.15, 0.2) is 24.3 Å². The fraction of sp³-hybridized carbons (Fsp3) is 0.500. The normalized spacial score (nSPS) is 12.6. The summed E-state index contributed by atoms with van der Waals surface area (Å²) in [4.78, 5) is 13.7. The standard InChI is InChI=1S/C14H21FN2O/c1-10(2)7-11(9-16)14(18)17(3)13-6-4-5-12(15)8-13/h4-6,8,10-11H,7,9,16H2,1-3H3. The van der Waals surface area contributed by atoms with E-state index in [2.05, 4.69) is 13.8 Å². The highest BCUT2D eigenvalue weighted by Crippen LogP contribution is 2.19. The number of hydrogen-bond donors (Lipinski definition) is 1. The summed E-state index contributed by atoms with van der Waals surface area (Å²) in [6.07, 6.45) is 0.745. The Balaban J connectivity index is 2.82. The molecule has 3 nitrogen and oxygen atoms in total. The van der Waals surface area contributed by atoms with E-state index in [1.165, 1.54) is 17.0 Å². The number of carbonyl (C=O) groups is 1. The molecule has 1 aromatic rings. The van der Waals surface area contributed by atoms with E-state index >= 15 is 0 Å². The minimum atomic E-state index is -0.347. The summed E-state index contributed by atoms with van der Waals surface area (Å²) in [6.45, 7) is 4.42. The summed E-state index contributed by atoms with van der Waals surface area (Å²) in [6, 6.07) is 6.01. The molecule has 1 amide bonds. The zero-order chi connectivity index (χ0) is 13.7. The average molecular weight is 252 g/mol. The Morgan fingerprint density at radius 2 is 2.11 bits per heavy atom. The molecule has 0 aliphatic rings. The summed E-state index contributed by atoms with van der Waals surface area (Å²) in [7, 11) is 1.65. The van der Waals surface area contributed by atoms with Crippen LogP contribution in [0.4, 0.5) is 10.1 Å². The highest BCUT2D eigenvalue weighted by molar-refractivity contribution is 5.94. The molecular weight excluding hydrogens is 231 g/mol. The van der Waals surface area contributed by atoms with Crippen molar-refractivity contribution in [3.8, 4) is 0 Å². The van der Waals surface area contributed by atoms with E-state index in [0.29, 0.717) is 18.2 Å². The highest BCUT2D eigenvalue weighted by atomic mass is 19.1. The van der Waals surface area contributed by atoms with Crippen LogP contribution < -0.4 is 10.6 Å². The Hall–Kier alpha value is -1.42. The zero-order valence-electron chi connectivity index (χ0n) is 11.2. The molecule has 1 rings (SSSR count). The third-order valence-corrected chi connectivity index (χ3v) is 2.92. The number of hydrogen-bond acceptors (Lipinski definition) is 2. The first-order chi connectivity index (χ1) is 8.45. The molecule has 100 valence electrons. The first kappa shape index (κ1) is 14.6. The van der Waals surface area contributed by atoms with Crippen molar-refractivity contribution in [2.75, 3.05) is 18.5 Å². The molecule has 0 saturated heterocycles. The van der Waals surface area contributed by atoms with Gasteiger partial charge in [-0.1, -0.05) is 19.9 Å². The second kappa shape index (κ2) is 6.50. The predicted molar refractivity (Wildman–Crippen MR) is 71.8 cm³/mol. The van der Waals surface area contributed by atoms with Gasteiger partial charge in [-0.15, -0.1) is 0 Å². The lowest BCUT2D eigenvalue weighted by Crippen LogP contribution is -2.37. The number of nitrogens with two attached hydrogens (primary N) is 1. The van der Waals surface area contributed by atoms with Gasteiger partial charge in [-0.2, -0.15) is 0 Å². The van der Waals surface area contributed by atoms with E-state index < -0.39 is 0 Å². The lowest BCUT2D eigenvalue weighted by Gasteiger charge is -2.24. The van der Waals surface area contributed by atoms with Crippen molar-refractivity contribution < 1.29 is 9.18 Å². The maximum absolute atomic E-state index is 13.1. The molecule has 0 saturated carbocycles. The van der Waals surface area contributed by atoms with Crippen molar-refractivity contribution in [3.63, 3.8) is 0 Å². The maximum atomic E-state index is 13.1. The van der Waals surface area contributed by atoms with Crippen LogP contribution in [0.5, 0.6) is 0 Å². The van der Waals surface area contributed by atoms with Crippen molar-refractivity contribution in [2.24, 2.45) is 17.6 Å². The van der Waals surface area contributed by atoms with Gasteiger partial charge in [0, 0.05) is 19.3 Å². The van der Waals surface area contributed by atoms with Crippen LogP contribution in [0, 0.1) is 17.7 Å². The van der Waals surface area contributed by atoms with E-state index in [1.807, 2.05) is 0 Å². The molecule has 0 bridgehead atoms. The van der Waals surface area contributed by atoms with Gasteiger partial charge in [-0.3, -0.25) is 4.79 Å². The molecule has 1 atom stereocenters. The Morgan fingerprint density at radius 3 is 2.61 bits per heavy atom. The first-order valence-electron chi connectivity index (χ1n) is 6.19. The van der Waals surface area contributed by atoms with Crippen molar-refractivity contribution in [2.45, 2.75) is 20.3 Å². The molecule has 2 N–H and O–H groups in total. The molecule has 0 spiro atoms. The number of rotatable bonds is 5. The van der Waals surface area contributed by atoms with Crippen LogP contribution in [0.3, 0.4) is 0 Å². The summed E-state index contributed by atoms with van der Waals surface area (Å²) in [5, 5.41) is 0. The number of anilines is 1. The van der Waals surface area contributed by atoms with Gasteiger partial charge in [-0.25, -0.2) is 4.39 Å². The van der Waals surface area contributed by atoms with Crippen molar-refractivity contribution in [1.29, 1.82) is 0 Å². The van der Waals surface area contributed by atoms with E-state index in [4.69, 9.17) is 5.73 Å². The van der Waals surface area contributed by atoms with Gasteiger partial charge in [0.25, 0.3) is 0 Å². The maximum Gasteiger partial charge on any atom is 0.231 e. The second-order valence-electron chi connectivity index (χ2n) is 4.94. The topological polar surface area (TPSA) is 46.3 Å². The predicted octanol–water partition coefficient (Wildman–Crippen LogP) is 2.41. The minimum absolute atomic E-state index is 0.0585. The number of nitrogens with zero attached hydrogens (tertiary/aromatic N) is 1. The Morgan fingerprint density at radius 1 is 1.44 bits per heavy atom. The number of amides is 1. The number of halogens is 1. The smallest absolute Gasteiger partial charge is 0.231 e. The molecule has 18 heavy (non-hydrogen) atoms. The lowest BCUT2D eigenvalue weighted by molar-refractivity contribution is -0.122. The summed E-state index contributed by atoms with van der Waals surface area (Å²) in [5.74, 6) is -0.209. The van der Waals surface area contributed by atoms with Gasteiger partial charge >= 0.3 is 0 Å². The average Bonchev–Trinajstić information content (AvgIpc) is 2.34. The molecule has 0 aliphatic heterocycles. The van der Waals surface area contributed by atoms with E-state index in [-0.39, 0.29) is 17.6 Å². The van der Waals surface area contributed by atoms with Gasteiger partial charge in [0.2, 0.25) is 5.91 Å².